The molecule has 0 aromatic heterocycles. The lowest BCUT2D eigenvalue weighted by Crippen LogP contribution is -2.54. The summed E-state index contributed by atoms with van der Waals surface area (Å²) in [6.45, 7) is 0.968. The highest BCUT2D eigenvalue weighted by Gasteiger charge is 2.34. The van der Waals surface area contributed by atoms with Crippen molar-refractivity contribution in [3.8, 4) is 0 Å². The number of carbonyl (C=O) groups is 4. The quantitative estimate of drug-likeness (QED) is 0.265. The molecule has 24 heavy (non-hydrogen) atoms. The number of hydrogen-bond donors (Lipinski definition) is 4. The summed E-state index contributed by atoms with van der Waals surface area (Å²) in [7, 11) is 0. The number of nitrogens with zero attached hydrogens (tertiary/aromatic N) is 1. The molecule has 1 rings (SSSR count). The van der Waals surface area contributed by atoms with Gasteiger partial charge in [-0.3, -0.25) is 14.4 Å². The molecule has 0 saturated carbocycles. The standard InChI is InChI=1S/C15H27N5O4/c16-6-2-1-5-12(19-14(23)11(17)8-13(18)22)15(24)20-7-3-4-10(20)9-21/h9-12H,1-8,16-17H2,(H2,18,22)(H,19,23)/t10-,11-,12-/m0/s1. The van der Waals surface area contributed by atoms with E-state index < -0.39 is 29.9 Å². The van der Waals surface area contributed by atoms with Crippen LogP contribution in [-0.2, 0) is 19.2 Å². The van der Waals surface area contributed by atoms with Crippen molar-refractivity contribution in [2.24, 2.45) is 17.2 Å². The van der Waals surface area contributed by atoms with E-state index in [1.165, 1.54) is 4.90 Å². The number of hydrogen-bond acceptors (Lipinski definition) is 6. The number of amides is 3. The molecule has 0 aromatic rings. The van der Waals surface area contributed by atoms with Crippen molar-refractivity contribution in [1.29, 1.82) is 0 Å². The fraction of sp³-hybridized carbons (Fsp3) is 0.733. The lowest BCUT2D eigenvalue weighted by molar-refractivity contribution is -0.139. The average Bonchev–Trinajstić information content (AvgIpc) is 3.01. The molecule has 9 nitrogen and oxygen atoms in total. The Hall–Kier alpha value is -2.00. The van der Waals surface area contributed by atoms with Crippen LogP contribution in [0.15, 0.2) is 0 Å². The first kappa shape index (κ1) is 20.0. The predicted molar refractivity (Wildman–Crippen MR) is 87.4 cm³/mol. The van der Waals surface area contributed by atoms with Crippen molar-refractivity contribution in [2.75, 3.05) is 13.1 Å². The van der Waals surface area contributed by atoms with Gasteiger partial charge >= 0.3 is 0 Å². The van der Waals surface area contributed by atoms with Crippen molar-refractivity contribution >= 4 is 24.0 Å². The third kappa shape index (κ3) is 5.89. The smallest absolute Gasteiger partial charge is 0.245 e. The van der Waals surface area contributed by atoms with Crippen LogP contribution in [-0.4, -0.2) is 60.1 Å². The number of aldehydes is 1. The monoisotopic (exact) mass is 341 g/mol. The van der Waals surface area contributed by atoms with Gasteiger partial charge < -0.3 is 32.2 Å². The molecular weight excluding hydrogens is 314 g/mol. The minimum Gasteiger partial charge on any atom is -0.370 e. The first-order valence-electron chi connectivity index (χ1n) is 8.20. The summed E-state index contributed by atoms with van der Waals surface area (Å²) in [4.78, 5) is 48.2. The SMILES string of the molecule is NCCCC[C@H](NC(=O)[C@@H](N)CC(N)=O)C(=O)N1CCC[C@H]1C=O. The van der Waals surface area contributed by atoms with E-state index in [9.17, 15) is 19.2 Å². The van der Waals surface area contributed by atoms with Crippen LogP contribution >= 0.6 is 0 Å². The van der Waals surface area contributed by atoms with E-state index in [1.54, 1.807) is 0 Å². The normalized spacial score (nSPS) is 19.6. The molecule has 0 aromatic carbocycles. The molecule has 3 amide bonds. The van der Waals surface area contributed by atoms with Crippen LogP contribution in [0, 0.1) is 0 Å². The fourth-order valence-corrected chi connectivity index (χ4v) is 2.75. The van der Waals surface area contributed by atoms with E-state index in [2.05, 4.69) is 5.32 Å². The summed E-state index contributed by atoms with van der Waals surface area (Å²) >= 11 is 0. The summed E-state index contributed by atoms with van der Waals surface area (Å²) in [5.41, 5.74) is 16.1. The van der Waals surface area contributed by atoms with Crippen LogP contribution in [0.3, 0.4) is 0 Å². The van der Waals surface area contributed by atoms with Gasteiger partial charge in [-0.1, -0.05) is 0 Å². The van der Waals surface area contributed by atoms with E-state index in [0.29, 0.717) is 38.8 Å². The highest BCUT2D eigenvalue weighted by molar-refractivity contribution is 5.92. The lowest BCUT2D eigenvalue weighted by Gasteiger charge is -2.27. The summed E-state index contributed by atoms with van der Waals surface area (Å²) in [5, 5.41) is 2.58. The van der Waals surface area contributed by atoms with E-state index in [0.717, 1.165) is 12.7 Å². The third-order valence-corrected chi connectivity index (χ3v) is 4.06. The van der Waals surface area contributed by atoms with Crippen LogP contribution in [0.5, 0.6) is 0 Å². The molecule has 136 valence electrons. The van der Waals surface area contributed by atoms with Gasteiger partial charge in [0.15, 0.2) is 0 Å². The van der Waals surface area contributed by atoms with E-state index in [-0.39, 0.29) is 12.3 Å². The van der Waals surface area contributed by atoms with Crippen molar-refractivity contribution in [3.05, 3.63) is 0 Å². The first-order valence-corrected chi connectivity index (χ1v) is 8.20. The van der Waals surface area contributed by atoms with Crippen LogP contribution in [0.1, 0.15) is 38.5 Å². The molecule has 7 N–H and O–H groups in total. The molecule has 1 heterocycles. The van der Waals surface area contributed by atoms with Gasteiger partial charge in [-0.2, -0.15) is 0 Å². The number of rotatable bonds is 10. The zero-order valence-electron chi connectivity index (χ0n) is 13.8. The Kier molecular flexibility index (Phi) is 8.34. The molecule has 3 atom stereocenters. The number of unbranched alkanes of at least 4 members (excludes halogenated alkanes) is 1. The Morgan fingerprint density at radius 3 is 2.58 bits per heavy atom. The van der Waals surface area contributed by atoms with Crippen molar-refractivity contribution in [1.82, 2.24) is 10.2 Å². The van der Waals surface area contributed by atoms with Gasteiger partial charge in [0.05, 0.1) is 18.5 Å². The second-order valence-corrected chi connectivity index (χ2v) is 6.00. The molecule has 9 heteroatoms. The maximum Gasteiger partial charge on any atom is 0.245 e. The maximum absolute atomic E-state index is 12.7. The summed E-state index contributed by atoms with van der Waals surface area (Å²) in [6, 6.07) is -2.35. The largest absolute Gasteiger partial charge is 0.370 e. The van der Waals surface area contributed by atoms with Crippen LogP contribution < -0.4 is 22.5 Å². The molecule has 1 aliphatic heterocycles. The first-order chi connectivity index (χ1) is 11.4. The second kappa shape index (κ2) is 9.99. The highest BCUT2D eigenvalue weighted by atomic mass is 16.2. The molecule has 0 unspecified atom stereocenters. The molecule has 1 saturated heterocycles. The third-order valence-electron chi connectivity index (χ3n) is 4.06. The van der Waals surface area contributed by atoms with Crippen molar-refractivity contribution in [2.45, 2.75) is 56.7 Å². The molecule has 0 spiro atoms. The summed E-state index contributed by atoms with van der Waals surface area (Å²) < 4.78 is 0. The average molecular weight is 341 g/mol. The Bertz CT molecular complexity index is 471. The maximum atomic E-state index is 12.7. The number of likely N-dealkylation sites (tertiary alicyclic amines) is 1. The molecule has 1 aliphatic rings. The lowest BCUT2D eigenvalue weighted by atomic mass is 10.1. The number of nitrogens with two attached hydrogens (primary N) is 3. The number of carbonyl (C=O) groups excluding carboxylic acids is 4. The second-order valence-electron chi connectivity index (χ2n) is 6.00. The van der Waals surface area contributed by atoms with E-state index >= 15 is 0 Å². The Morgan fingerprint density at radius 1 is 1.29 bits per heavy atom. The van der Waals surface area contributed by atoms with Gasteiger partial charge in [0.1, 0.15) is 12.3 Å². The van der Waals surface area contributed by atoms with Crippen LogP contribution in [0.25, 0.3) is 0 Å². The molecule has 0 aliphatic carbocycles. The molecule has 0 bridgehead atoms. The molecule has 1 fully saturated rings. The molecular formula is C15H27N5O4. The van der Waals surface area contributed by atoms with Gasteiger partial charge in [0.2, 0.25) is 17.7 Å². The van der Waals surface area contributed by atoms with Gasteiger partial charge in [0.25, 0.3) is 0 Å². The van der Waals surface area contributed by atoms with Crippen LogP contribution in [0.2, 0.25) is 0 Å². The van der Waals surface area contributed by atoms with Crippen molar-refractivity contribution < 1.29 is 19.2 Å². The fourth-order valence-electron chi connectivity index (χ4n) is 2.75. The summed E-state index contributed by atoms with van der Waals surface area (Å²) in [5.74, 6) is -1.60. The number of primary amides is 1. The minimum atomic E-state index is -1.10. The van der Waals surface area contributed by atoms with E-state index in [4.69, 9.17) is 17.2 Å². The zero-order chi connectivity index (χ0) is 18.1. The Morgan fingerprint density at radius 2 is 2.00 bits per heavy atom. The van der Waals surface area contributed by atoms with E-state index in [1.807, 2.05) is 0 Å². The Labute approximate surface area is 141 Å². The highest BCUT2D eigenvalue weighted by Crippen LogP contribution is 2.18. The van der Waals surface area contributed by atoms with Crippen molar-refractivity contribution in [3.63, 3.8) is 0 Å². The summed E-state index contributed by atoms with van der Waals surface area (Å²) in [6.07, 6.45) is 3.59. The topological polar surface area (TPSA) is 162 Å². The van der Waals surface area contributed by atoms with Gasteiger partial charge in [0, 0.05) is 6.54 Å². The predicted octanol–water partition coefficient (Wildman–Crippen LogP) is -2.01. The van der Waals surface area contributed by atoms with Crippen LogP contribution in [0.4, 0.5) is 0 Å². The van der Waals surface area contributed by atoms with Gasteiger partial charge in [-0.05, 0) is 38.6 Å². The van der Waals surface area contributed by atoms with Gasteiger partial charge in [-0.15, -0.1) is 0 Å². The molecule has 0 radical (unpaired) electrons. The Balaban J connectivity index is 2.75. The number of nitrogens with one attached hydrogen (secondary N) is 1. The minimum absolute atomic E-state index is 0.295. The zero-order valence-corrected chi connectivity index (χ0v) is 13.8. The van der Waals surface area contributed by atoms with Gasteiger partial charge in [-0.25, -0.2) is 0 Å².